The van der Waals surface area contributed by atoms with E-state index in [0.717, 1.165) is 19.3 Å². The van der Waals surface area contributed by atoms with Gasteiger partial charge in [0.15, 0.2) is 0 Å². The maximum Gasteiger partial charge on any atom is 0.0625 e. The summed E-state index contributed by atoms with van der Waals surface area (Å²) in [7, 11) is 0. The van der Waals surface area contributed by atoms with Crippen LogP contribution in [0.3, 0.4) is 0 Å². The molecule has 1 heteroatoms. The molecule has 0 aliphatic heterocycles. The third-order valence-electron chi connectivity index (χ3n) is 4.71. The summed E-state index contributed by atoms with van der Waals surface area (Å²) >= 11 is 0. The Balaban J connectivity index is 2.27. The minimum absolute atomic E-state index is 0.397. The van der Waals surface area contributed by atoms with Crippen molar-refractivity contribution in [1.82, 2.24) is 0 Å². The topological polar surface area (TPSA) is 20.2 Å². The molecule has 3 atom stereocenters. The van der Waals surface area contributed by atoms with Crippen molar-refractivity contribution in [1.29, 1.82) is 0 Å². The van der Waals surface area contributed by atoms with E-state index < -0.39 is 5.60 Å². The van der Waals surface area contributed by atoms with Crippen LogP contribution in [0.2, 0.25) is 0 Å². The smallest absolute Gasteiger partial charge is 0.0625 e. The molecule has 0 aromatic rings. The molecule has 0 aromatic carbocycles. The second-order valence-electron chi connectivity index (χ2n) is 6.59. The lowest BCUT2D eigenvalue weighted by Crippen LogP contribution is -2.33. The fraction of sp³-hybridized carbons (Fsp3) is 0.857. The molecule has 15 heavy (non-hydrogen) atoms. The highest BCUT2D eigenvalue weighted by molar-refractivity contribution is 5.16. The number of rotatable bonds is 0. The van der Waals surface area contributed by atoms with E-state index in [4.69, 9.17) is 0 Å². The normalized spacial score (nSPS) is 44.9. The van der Waals surface area contributed by atoms with Crippen molar-refractivity contribution in [2.75, 3.05) is 0 Å². The van der Waals surface area contributed by atoms with Crippen LogP contribution in [0.15, 0.2) is 12.2 Å². The molecule has 2 bridgehead atoms. The Morgan fingerprint density at radius 3 is 2.53 bits per heavy atom. The summed E-state index contributed by atoms with van der Waals surface area (Å²) in [5, 5.41) is 10.2. The van der Waals surface area contributed by atoms with Crippen molar-refractivity contribution >= 4 is 0 Å². The van der Waals surface area contributed by atoms with E-state index in [0.29, 0.717) is 17.3 Å². The lowest BCUT2D eigenvalue weighted by atomic mass is 9.62. The van der Waals surface area contributed by atoms with Gasteiger partial charge in [-0.15, -0.1) is 0 Å². The zero-order chi connectivity index (χ0) is 11.3. The van der Waals surface area contributed by atoms with Gasteiger partial charge < -0.3 is 5.11 Å². The molecule has 1 N–H and O–H groups in total. The molecule has 2 rings (SSSR count). The zero-order valence-electron chi connectivity index (χ0n) is 10.3. The van der Waals surface area contributed by atoms with E-state index in [1.165, 1.54) is 18.4 Å². The number of aliphatic hydroxyl groups is 1. The summed E-state index contributed by atoms with van der Waals surface area (Å²) in [4.78, 5) is 0. The molecule has 1 nitrogen and oxygen atoms in total. The highest BCUT2D eigenvalue weighted by atomic mass is 16.3. The molecule has 0 saturated heterocycles. The molecule has 2 saturated carbocycles. The largest absolute Gasteiger partial charge is 0.390 e. The van der Waals surface area contributed by atoms with Crippen LogP contribution in [-0.2, 0) is 0 Å². The molecule has 0 spiro atoms. The van der Waals surface area contributed by atoms with Crippen LogP contribution in [0.25, 0.3) is 0 Å². The van der Waals surface area contributed by atoms with Crippen molar-refractivity contribution < 1.29 is 5.11 Å². The zero-order valence-corrected chi connectivity index (χ0v) is 10.3. The summed E-state index contributed by atoms with van der Waals surface area (Å²) < 4.78 is 0. The lowest BCUT2D eigenvalue weighted by Gasteiger charge is -2.43. The molecule has 0 amide bonds. The average Bonchev–Trinajstić information content (AvgIpc) is 2.16. The van der Waals surface area contributed by atoms with Gasteiger partial charge >= 0.3 is 0 Å². The maximum atomic E-state index is 10.2. The highest BCUT2D eigenvalue weighted by Crippen LogP contribution is 2.52. The summed E-state index contributed by atoms with van der Waals surface area (Å²) in [6, 6.07) is 0. The monoisotopic (exact) mass is 208 g/mol. The molecule has 86 valence electrons. The lowest BCUT2D eigenvalue weighted by molar-refractivity contribution is 0.0338. The van der Waals surface area contributed by atoms with Crippen molar-refractivity contribution in [3.05, 3.63) is 12.2 Å². The fourth-order valence-electron chi connectivity index (χ4n) is 3.59. The van der Waals surface area contributed by atoms with Crippen LogP contribution in [-0.4, -0.2) is 10.7 Å². The third kappa shape index (κ3) is 1.99. The molecular formula is C14H24O. The molecule has 0 aromatic heterocycles. The van der Waals surface area contributed by atoms with E-state index in [1.807, 2.05) is 6.92 Å². The van der Waals surface area contributed by atoms with Gasteiger partial charge in [-0.3, -0.25) is 0 Å². The Labute approximate surface area is 93.6 Å². The molecule has 2 aliphatic rings. The number of allylic oxidation sites excluding steroid dienone is 1. The van der Waals surface area contributed by atoms with Crippen molar-refractivity contribution in [3.63, 3.8) is 0 Å². The van der Waals surface area contributed by atoms with Gasteiger partial charge in [0.1, 0.15) is 0 Å². The van der Waals surface area contributed by atoms with Crippen molar-refractivity contribution in [2.45, 2.75) is 58.5 Å². The molecule has 3 unspecified atom stereocenters. The minimum atomic E-state index is -0.456. The van der Waals surface area contributed by atoms with Crippen LogP contribution in [0.5, 0.6) is 0 Å². The first kappa shape index (κ1) is 11.2. The number of hydrogen-bond acceptors (Lipinski definition) is 1. The fourth-order valence-corrected chi connectivity index (χ4v) is 3.59. The molecule has 2 fully saturated rings. The van der Waals surface area contributed by atoms with E-state index in [1.54, 1.807) is 0 Å². The highest BCUT2D eigenvalue weighted by Gasteiger charge is 2.44. The SMILES string of the molecule is C=C1C2CCC(C)(C)C1CCC(C)(O)C2. The van der Waals surface area contributed by atoms with E-state index >= 15 is 0 Å². The van der Waals surface area contributed by atoms with E-state index in [9.17, 15) is 5.11 Å². The van der Waals surface area contributed by atoms with Gasteiger partial charge in [0, 0.05) is 0 Å². The van der Waals surface area contributed by atoms with E-state index in [-0.39, 0.29) is 0 Å². The second-order valence-corrected chi connectivity index (χ2v) is 6.59. The van der Waals surface area contributed by atoms with Gasteiger partial charge in [-0.1, -0.05) is 26.0 Å². The van der Waals surface area contributed by atoms with Gasteiger partial charge in [0.2, 0.25) is 0 Å². The van der Waals surface area contributed by atoms with Gasteiger partial charge in [-0.25, -0.2) is 0 Å². The van der Waals surface area contributed by atoms with Crippen LogP contribution in [0.1, 0.15) is 52.9 Å². The van der Waals surface area contributed by atoms with Crippen LogP contribution < -0.4 is 0 Å². The third-order valence-corrected chi connectivity index (χ3v) is 4.71. The Morgan fingerprint density at radius 2 is 1.87 bits per heavy atom. The van der Waals surface area contributed by atoms with Gasteiger partial charge in [0.25, 0.3) is 0 Å². The Kier molecular flexibility index (Phi) is 2.50. The van der Waals surface area contributed by atoms with Crippen molar-refractivity contribution in [3.8, 4) is 0 Å². The standard InChI is InChI=1S/C14H24O/c1-10-11-5-7-13(2,3)12(10)6-8-14(4,15)9-11/h11-12,15H,1,5-9H2,2-4H3. The minimum Gasteiger partial charge on any atom is -0.390 e. The van der Waals surface area contributed by atoms with Crippen LogP contribution in [0, 0.1) is 17.3 Å². The predicted molar refractivity (Wildman–Crippen MR) is 63.6 cm³/mol. The molecular weight excluding hydrogens is 184 g/mol. The van der Waals surface area contributed by atoms with E-state index in [2.05, 4.69) is 20.4 Å². The Hall–Kier alpha value is -0.300. The second kappa shape index (κ2) is 3.35. The Bertz CT molecular complexity index is 275. The summed E-state index contributed by atoms with van der Waals surface area (Å²) in [6.07, 6.45) is 5.50. The number of hydrogen-bond donors (Lipinski definition) is 1. The predicted octanol–water partition coefficient (Wildman–Crippen LogP) is 3.53. The van der Waals surface area contributed by atoms with Crippen molar-refractivity contribution in [2.24, 2.45) is 17.3 Å². The molecule has 2 aliphatic carbocycles. The first-order valence-electron chi connectivity index (χ1n) is 6.23. The number of fused-ring (bicyclic) bond motifs is 2. The first-order valence-corrected chi connectivity index (χ1v) is 6.23. The maximum absolute atomic E-state index is 10.2. The van der Waals surface area contributed by atoms with Gasteiger partial charge in [-0.2, -0.15) is 0 Å². The first-order chi connectivity index (χ1) is 6.82. The molecule has 0 radical (unpaired) electrons. The quantitative estimate of drug-likeness (QED) is 0.604. The summed E-state index contributed by atoms with van der Waals surface area (Å²) in [5.41, 5.74) is 1.36. The Morgan fingerprint density at radius 1 is 1.20 bits per heavy atom. The average molecular weight is 208 g/mol. The molecule has 0 heterocycles. The van der Waals surface area contributed by atoms with Crippen LogP contribution in [0.4, 0.5) is 0 Å². The summed E-state index contributed by atoms with van der Waals surface area (Å²) in [6.45, 7) is 11.0. The van der Waals surface area contributed by atoms with Crippen LogP contribution >= 0.6 is 0 Å². The summed E-state index contributed by atoms with van der Waals surface area (Å²) in [5.74, 6) is 1.20. The van der Waals surface area contributed by atoms with Gasteiger partial charge in [-0.05, 0) is 56.3 Å². The van der Waals surface area contributed by atoms with Gasteiger partial charge in [0.05, 0.1) is 5.60 Å².